The fourth-order valence-corrected chi connectivity index (χ4v) is 2.02. The Balaban J connectivity index is 2.07. The van der Waals surface area contributed by atoms with Gasteiger partial charge in [-0.25, -0.2) is 4.39 Å². The molecule has 5 nitrogen and oxygen atoms in total. The summed E-state index contributed by atoms with van der Waals surface area (Å²) in [6, 6.07) is 6.83. The third-order valence-corrected chi connectivity index (χ3v) is 3.31. The number of benzene rings is 1. The maximum absolute atomic E-state index is 13.5. The van der Waals surface area contributed by atoms with Crippen molar-refractivity contribution in [1.29, 1.82) is 0 Å². The van der Waals surface area contributed by atoms with E-state index in [1.165, 1.54) is 6.07 Å². The molecule has 0 saturated heterocycles. The topological polar surface area (TPSA) is 54.9 Å². The van der Waals surface area contributed by atoms with Crippen molar-refractivity contribution in [2.45, 2.75) is 19.3 Å². The molecule has 0 aliphatic rings. The average molecular weight is 325 g/mol. The van der Waals surface area contributed by atoms with Crippen LogP contribution < -0.4 is 10.6 Å². The van der Waals surface area contributed by atoms with E-state index in [2.05, 4.69) is 15.6 Å². The van der Waals surface area contributed by atoms with Gasteiger partial charge in [-0.1, -0.05) is 18.2 Å². The lowest BCUT2D eigenvalue weighted by atomic mass is 10.1. The molecule has 1 aromatic carbocycles. The van der Waals surface area contributed by atoms with E-state index in [-0.39, 0.29) is 5.82 Å². The number of guanidine groups is 1. The second kappa shape index (κ2) is 12.8. The standard InChI is InChI=1S/C17H28FN3O2/c1-19-17(20-10-5-6-12-23-14-13-22-2)21-11-9-15-7-3-4-8-16(15)18/h3-4,7-8H,5-6,9-14H2,1-2H3,(H2,19,20,21). The summed E-state index contributed by atoms with van der Waals surface area (Å²) in [5.41, 5.74) is 0.712. The summed E-state index contributed by atoms with van der Waals surface area (Å²) in [6.45, 7) is 3.48. The van der Waals surface area contributed by atoms with E-state index in [4.69, 9.17) is 9.47 Å². The second-order valence-electron chi connectivity index (χ2n) is 5.08. The number of aliphatic imine (C=N–C) groups is 1. The third-order valence-electron chi connectivity index (χ3n) is 3.31. The fourth-order valence-electron chi connectivity index (χ4n) is 2.02. The van der Waals surface area contributed by atoms with Crippen molar-refractivity contribution in [3.05, 3.63) is 35.6 Å². The van der Waals surface area contributed by atoms with E-state index in [1.54, 1.807) is 26.3 Å². The van der Waals surface area contributed by atoms with Crippen LogP contribution in [0.1, 0.15) is 18.4 Å². The quantitative estimate of drug-likeness (QED) is 0.371. The van der Waals surface area contributed by atoms with Crippen molar-refractivity contribution >= 4 is 5.96 Å². The van der Waals surface area contributed by atoms with Crippen LogP contribution in [-0.4, -0.2) is 53.0 Å². The number of hydrogen-bond acceptors (Lipinski definition) is 3. The first-order chi connectivity index (χ1) is 11.3. The Morgan fingerprint density at radius 3 is 2.61 bits per heavy atom. The zero-order chi connectivity index (χ0) is 16.8. The van der Waals surface area contributed by atoms with Gasteiger partial charge in [-0.05, 0) is 30.9 Å². The summed E-state index contributed by atoms with van der Waals surface area (Å²) in [4.78, 5) is 4.15. The Bertz CT molecular complexity index is 455. The highest BCUT2D eigenvalue weighted by atomic mass is 19.1. The van der Waals surface area contributed by atoms with E-state index >= 15 is 0 Å². The molecule has 0 saturated carbocycles. The lowest BCUT2D eigenvalue weighted by molar-refractivity contribution is 0.0689. The van der Waals surface area contributed by atoms with Crippen LogP contribution in [0.3, 0.4) is 0 Å². The number of nitrogens with one attached hydrogen (secondary N) is 2. The molecule has 0 amide bonds. The lowest BCUT2D eigenvalue weighted by Gasteiger charge is -2.12. The summed E-state index contributed by atoms with van der Waals surface area (Å²) in [5, 5.41) is 6.43. The molecule has 0 aliphatic heterocycles. The molecule has 0 fully saturated rings. The molecule has 0 atom stereocenters. The van der Waals surface area contributed by atoms with Gasteiger partial charge in [0, 0.05) is 33.9 Å². The van der Waals surface area contributed by atoms with Crippen molar-refractivity contribution in [3.63, 3.8) is 0 Å². The van der Waals surface area contributed by atoms with Gasteiger partial charge in [0.1, 0.15) is 5.82 Å². The van der Waals surface area contributed by atoms with Gasteiger partial charge in [-0.2, -0.15) is 0 Å². The Morgan fingerprint density at radius 2 is 1.87 bits per heavy atom. The molecular weight excluding hydrogens is 297 g/mol. The van der Waals surface area contributed by atoms with Gasteiger partial charge in [0.25, 0.3) is 0 Å². The van der Waals surface area contributed by atoms with E-state index in [9.17, 15) is 4.39 Å². The van der Waals surface area contributed by atoms with Crippen LogP contribution in [0.5, 0.6) is 0 Å². The summed E-state index contributed by atoms with van der Waals surface area (Å²) in [5.74, 6) is 0.576. The van der Waals surface area contributed by atoms with Gasteiger partial charge >= 0.3 is 0 Å². The first-order valence-electron chi connectivity index (χ1n) is 8.02. The minimum absolute atomic E-state index is 0.161. The fraction of sp³-hybridized carbons (Fsp3) is 0.588. The Hall–Kier alpha value is -1.66. The average Bonchev–Trinajstić information content (AvgIpc) is 2.57. The highest BCUT2D eigenvalue weighted by Gasteiger charge is 2.01. The van der Waals surface area contributed by atoms with Gasteiger partial charge in [0.05, 0.1) is 13.2 Å². The summed E-state index contributed by atoms with van der Waals surface area (Å²) >= 11 is 0. The highest BCUT2D eigenvalue weighted by molar-refractivity contribution is 5.79. The van der Waals surface area contributed by atoms with E-state index in [1.807, 2.05) is 6.07 Å². The van der Waals surface area contributed by atoms with Crippen LogP contribution in [0.4, 0.5) is 4.39 Å². The van der Waals surface area contributed by atoms with E-state index in [0.717, 1.165) is 32.0 Å². The van der Waals surface area contributed by atoms with E-state index in [0.29, 0.717) is 31.7 Å². The minimum Gasteiger partial charge on any atom is -0.382 e. The van der Waals surface area contributed by atoms with Crippen molar-refractivity contribution in [3.8, 4) is 0 Å². The number of unbranched alkanes of at least 4 members (excludes halogenated alkanes) is 1. The first kappa shape index (κ1) is 19.4. The maximum Gasteiger partial charge on any atom is 0.190 e. The predicted octanol–water partition coefficient (Wildman–Crippen LogP) is 1.98. The zero-order valence-electron chi connectivity index (χ0n) is 14.1. The molecule has 0 heterocycles. The molecule has 0 aliphatic carbocycles. The molecule has 1 rings (SSSR count). The van der Waals surface area contributed by atoms with Crippen molar-refractivity contribution in [2.75, 3.05) is 47.1 Å². The molecule has 6 heteroatoms. The SMILES string of the molecule is CN=C(NCCCCOCCOC)NCCc1ccccc1F. The maximum atomic E-state index is 13.5. The largest absolute Gasteiger partial charge is 0.382 e. The van der Waals surface area contributed by atoms with Crippen LogP contribution in [0, 0.1) is 5.82 Å². The molecule has 0 bridgehead atoms. The normalized spacial score (nSPS) is 11.5. The number of nitrogens with zero attached hydrogens (tertiary/aromatic N) is 1. The van der Waals surface area contributed by atoms with Gasteiger partial charge < -0.3 is 20.1 Å². The van der Waals surface area contributed by atoms with Gasteiger partial charge in [-0.15, -0.1) is 0 Å². The van der Waals surface area contributed by atoms with Crippen molar-refractivity contribution in [2.24, 2.45) is 4.99 Å². The highest BCUT2D eigenvalue weighted by Crippen LogP contribution is 2.05. The zero-order valence-corrected chi connectivity index (χ0v) is 14.1. The summed E-state index contributed by atoms with van der Waals surface area (Å²) in [6.07, 6.45) is 2.62. The molecule has 23 heavy (non-hydrogen) atoms. The molecule has 2 N–H and O–H groups in total. The first-order valence-corrected chi connectivity index (χ1v) is 8.02. The van der Waals surface area contributed by atoms with Crippen LogP contribution in [0.2, 0.25) is 0 Å². The summed E-state index contributed by atoms with van der Waals surface area (Å²) < 4.78 is 23.8. The van der Waals surface area contributed by atoms with Gasteiger partial charge in [-0.3, -0.25) is 4.99 Å². The van der Waals surface area contributed by atoms with Crippen LogP contribution in [-0.2, 0) is 15.9 Å². The van der Waals surface area contributed by atoms with Crippen molar-refractivity contribution < 1.29 is 13.9 Å². The number of hydrogen-bond donors (Lipinski definition) is 2. The molecule has 1 aromatic rings. The molecule has 0 radical (unpaired) electrons. The smallest absolute Gasteiger partial charge is 0.190 e. The van der Waals surface area contributed by atoms with Crippen LogP contribution >= 0.6 is 0 Å². The predicted molar refractivity (Wildman–Crippen MR) is 91.4 cm³/mol. The van der Waals surface area contributed by atoms with Gasteiger partial charge in [0.15, 0.2) is 5.96 Å². The monoisotopic (exact) mass is 325 g/mol. The number of halogens is 1. The van der Waals surface area contributed by atoms with Crippen LogP contribution in [0.15, 0.2) is 29.3 Å². The number of ether oxygens (including phenoxy) is 2. The van der Waals surface area contributed by atoms with Gasteiger partial charge in [0.2, 0.25) is 0 Å². The van der Waals surface area contributed by atoms with E-state index < -0.39 is 0 Å². The Morgan fingerprint density at radius 1 is 1.09 bits per heavy atom. The number of rotatable bonds is 11. The Labute approximate surface area is 138 Å². The van der Waals surface area contributed by atoms with Crippen molar-refractivity contribution in [1.82, 2.24) is 10.6 Å². The molecule has 0 spiro atoms. The lowest BCUT2D eigenvalue weighted by Crippen LogP contribution is -2.38. The molecule has 130 valence electrons. The molecular formula is C17H28FN3O2. The Kier molecular flexibility index (Phi) is 10.8. The second-order valence-corrected chi connectivity index (χ2v) is 5.08. The minimum atomic E-state index is -0.161. The number of methoxy groups -OCH3 is 1. The summed E-state index contributed by atoms with van der Waals surface area (Å²) in [7, 11) is 3.39. The molecule has 0 unspecified atom stereocenters. The van der Waals surface area contributed by atoms with Crippen LogP contribution in [0.25, 0.3) is 0 Å². The molecule has 0 aromatic heterocycles. The third kappa shape index (κ3) is 9.15.